The number of carboxylic acid groups (broad SMARTS) is 1. The van der Waals surface area contributed by atoms with Crippen LogP contribution in [0.15, 0.2) is 22.7 Å². The van der Waals surface area contributed by atoms with Crippen molar-refractivity contribution in [1.29, 1.82) is 0 Å². The largest absolute Gasteiger partial charge is 0.481 e. The van der Waals surface area contributed by atoms with Crippen LogP contribution in [0.5, 0.6) is 0 Å². The molecule has 0 saturated heterocycles. The van der Waals surface area contributed by atoms with Gasteiger partial charge in [0.15, 0.2) is 0 Å². The van der Waals surface area contributed by atoms with Crippen molar-refractivity contribution in [3.8, 4) is 0 Å². The van der Waals surface area contributed by atoms with Gasteiger partial charge in [-0.15, -0.1) is 0 Å². The highest BCUT2D eigenvalue weighted by molar-refractivity contribution is 9.10. The highest BCUT2D eigenvalue weighted by atomic mass is 79.9. The second-order valence-electron chi connectivity index (χ2n) is 5.70. The average Bonchev–Trinajstić information content (AvgIpc) is 2.88. The van der Waals surface area contributed by atoms with E-state index in [-0.39, 0.29) is 5.91 Å². The topological polar surface area (TPSA) is 66.4 Å². The number of rotatable bonds is 4. The molecule has 2 rings (SSSR count). The van der Waals surface area contributed by atoms with Gasteiger partial charge in [-0.2, -0.15) is 0 Å². The van der Waals surface area contributed by atoms with Gasteiger partial charge in [-0.3, -0.25) is 9.59 Å². The third kappa shape index (κ3) is 3.46. The zero-order chi connectivity index (χ0) is 15.6. The summed E-state index contributed by atoms with van der Waals surface area (Å²) in [5.74, 6) is -1.73. The van der Waals surface area contributed by atoms with E-state index in [0.29, 0.717) is 18.8 Å². The standard InChI is InChI=1S/C16H20BrNO3/c1-3-10-7-11(12(8-10)16(20)21)15(19)18-14-6-4-5-13(17)9(14)2/h4-6,10-12H,3,7-8H2,1-2H3,(H,18,19)(H,20,21). The molecule has 0 spiro atoms. The van der Waals surface area contributed by atoms with E-state index < -0.39 is 17.8 Å². The van der Waals surface area contributed by atoms with E-state index in [1.807, 2.05) is 32.0 Å². The Labute approximate surface area is 133 Å². The molecule has 0 aliphatic heterocycles. The van der Waals surface area contributed by atoms with Crippen LogP contribution < -0.4 is 5.32 Å². The van der Waals surface area contributed by atoms with E-state index in [0.717, 1.165) is 22.1 Å². The molecule has 1 amide bonds. The molecule has 0 aromatic heterocycles. The number of anilines is 1. The van der Waals surface area contributed by atoms with Crippen LogP contribution in [0.3, 0.4) is 0 Å². The third-order valence-corrected chi connectivity index (χ3v) is 5.28. The maximum atomic E-state index is 12.5. The quantitative estimate of drug-likeness (QED) is 0.864. The lowest BCUT2D eigenvalue weighted by atomic mass is 9.95. The molecule has 2 N–H and O–H groups in total. The van der Waals surface area contributed by atoms with Gasteiger partial charge in [-0.1, -0.05) is 35.3 Å². The van der Waals surface area contributed by atoms with Gasteiger partial charge in [0.2, 0.25) is 5.91 Å². The number of benzene rings is 1. The van der Waals surface area contributed by atoms with Gasteiger partial charge in [-0.25, -0.2) is 0 Å². The van der Waals surface area contributed by atoms with Crippen LogP contribution in [0.2, 0.25) is 0 Å². The molecule has 114 valence electrons. The molecule has 21 heavy (non-hydrogen) atoms. The van der Waals surface area contributed by atoms with Crippen molar-refractivity contribution < 1.29 is 14.7 Å². The Bertz CT molecular complexity index is 558. The lowest BCUT2D eigenvalue weighted by Crippen LogP contribution is -2.30. The fraction of sp³-hybridized carbons (Fsp3) is 0.500. The molecule has 1 fully saturated rings. The number of nitrogens with one attached hydrogen (secondary N) is 1. The molecule has 1 saturated carbocycles. The van der Waals surface area contributed by atoms with E-state index in [9.17, 15) is 14.7 Å². The van der Waals surface area contributed by atoms with Gasteiger partial charge in [0.25, 0.3) is 0 Å². The summed E-state index contributed by atoms with van der Waals surface area (Å²) < 4.78 is 0.924. The van der Waals surface area contributed by atoms with Gasteiger partial charge in [-0.05, 0) is 43.4 Å². The molecule has 0 bridgehead atoms. The predicted octanol–water partition coefficient (Wildman–Crippen LogP) is 3.83. The average molecular weight is 354 g/mol. The highest BCUT2D eigenvalue weighted by Crippen LogP contribution is 2.39. The molecule has 1 aliphatic carbocycles. The number of hydrogen-bond acceptors (Lipinski definition) is 2. The molecule has 0 heterocycles. The van der Waals surface area contributed by atoms with Crippen LogP contribution >= 0.6 is 15.9 Å². The minimum absolute atomic E-state index is 0.181. The summed E-state index contributed by atoms with van der Waals surface area (Å²) in [5, 5.41) is 12.2. The minimum Gasteiger partial charge on any atom is -0.481 e. The number of carboxylic acids is 1. The van der Waals surface area contributed by atoms with Crippen molar-refractivity contribution in [2.24, 2.45) is 17.8 Å². The SMILES string of the molecule is CCC1CC(C(=O)O)C(C(=O)Nc2cccc(Br)c2C)C1. The lowest BCUT2D eigenvalue weighted by molar-refractivity contribution is -0.145. The van der Waals surface area contributed by atoms with E-state index in [1.54, 1.807) is 0 Å². The van der Waals surface area contributed by atoms with Crippen LogP contribution in [0.1, 0.15) is 31.7 Å². The molecule has 0 radical (unpaired) electrons. The maximum absolute atomic E-state index is 12.5. The molecule has 3 atom stereocenters. The minimum atomic E-state index is -0.864. The van der Waals surface area contributed by atoms with Gasteiger partial charge < -0.3 is 10.4 Å². The van der Waals surface area contributed by atoms with Gasteiger partial charge in [0.1, 0.15) is 0 Å². The summed E-state index contributed by atoms with van der Waals surface area (Å²) in [5.41, 5.74) is 1.68. The molecule has 5 heteroatoms. The number of hydrogen-bond donors (Lipinski definition) is 2. The van der Waals surface area contributed by atoms with E-state index >= 15 is 0 Å². The molecular formula is C16H20BrNO3. The Morgan fingerprint density at radius 3 is 2.62 bits per heavy atom. The predicted molar refractivity (Wildman–Crippen MR) is 85.1 cm³/mol. The summed E-state index contributed by atoms with van der Waals surface area (Å²) >= 11 is 3.43. The van der Waals surface area contributed by atoms with Crippen LogP contribution in [0.4, 0.5) is 5.69 Å². The molecule has 1 aliphatic rings. The summed E-state index contributed by atoms with van der Waals surface area (Å²) in [4.78, 5) is 23.8. The van der Waals surface area contributed by atoms with Gasteiger partial charge in [0, 0.05) is 10.2 Å². The van der Waals surface area contributed by atoms with Crippen molar-refractivity contribution in [2.75, 3.05) is 5.32 Å². The zero-order valence-corrected chi connectivity index (χ0v) is 13.8. The van der Waals surface area contributed by atoms with Crippen LogP contribution in [-0.4, -0.2) is 17.0 Å². The number of amides is 1. The van der Waals surface area contributed by atoms with Gasteiger partial charge in [0.05, 0.1) is 11.8 Å². The second kappa shape index (κ2) is 6.60. The number of carbonyl (C=O) groups is 2. The fourth-order valence-corrected chi connectivity index (χ4v) is 3.37. The third-order valence-electron chi connectivity index (χ3n) is 4.42. The van der Waals surface area contributed by atoms with Crippen LogP contribution in [0, 0.1) is 24.7 Å². The normalized spacial score (nSPS) is 24.8. The Kier molecular flexibility index (Phi) is 5.04. The van der Waals surface area contributed by atoms with Gasteiger partial charge >= 0.3 is 5.97 Å². The van der Waals surface area contributed by atoms with E-state index in [4.69, 9.17) is 0 Å². The van der Waals surface area contributed by atoms with Crippen molar-refractivity contribution >= 4 is 33.5 Å². The monoisotopic (exact) mass is 353 g/mol. The Morgan fingerprint density at radius 2 is 2.00 bits per heavy atom. The molecule has 1 aromatic rings. The van der Waals surface area contributed by atoms with Crippen LogP contribution in [-0.2, 0) is 9.59 Å². The number of aliphatic carboxylic acids is 1. The van der Waals surface area contributed by atoms with Crippen LogP contribution in [0.25, 0.3) is 0 Å². The van der Waals surface area contributed by atoms with Crippen molar-refractivity contribution in [3.05, 3.63) is 28.2 Å². The second-order valence-corrected chi connectivity index (χ2v) is 6.55. The maximum Gasteiger partial charge on any atom is 0.307 e. The van der Waals surface area contributed by atoms with E-state index in [2.05, 4.69) is 21.2 Å². The lowest BCUT2D eigenvalue weighted by Gasteiger charge is -2.17. The summed E-state index contributed by atoms with van der Waals surface area (Å²) in [6.45, 7) is 3.96. The first-order chi connectivity index (χ1) is 9.93. The highest BCUT2D eigenvalue weighted by Gasteiger charge is 2.42. The summed E-state index contributed by atoms with van der Waals surface area (Å²) in [7, 11) is 0. The Hall–Kier alpha value is -1.36. The molecular weight excluding hydrogens is 334 g/mol. The molecule has 1 aromatic carbocycles. The zero-order valence-electron chi connectivity index (χ0n) is 12.2. The summed E-state index contributed by atoms with van der Waals surface area (Å²) in [6, 6.07) is 5.60. The van der Waals surface area contributed by atoms with E-state index in [1.165, 1.54) is 0 Å². The van der Waals surface area contributed by atoms with Crippen molar-refractivity contribution in [2.45, 2.75) is 33.1 Å². The fourth-order valence-electron chi connectivity index (χ4n) is 3.01. The molecule has 3 unspecified atom stereocenters. The van der Waals surface area contributed by atoms with Crippen molar-refractivity contribution in [3.63, 3.8) is 0 Å². The smallest absolute Gasteiger partial charge is 0.307 e. The first-order valence-corrected chi connectivity index (χ1v) is 8.02. The number of halogens is 1. The first-order valence-electron chi connectivity index (χ1n) is 7.22. The summed E-state index contributed by atoms with van der Waals surface area (Å²) in [6.07, 6.45) is 2.18. The Balaban J connectivity index is 2.15. The molecule has 4 nitrogen and oxygen atoms in total. The Morgan fingerprint density at radius 1 is 1.33 bits per heavy atom. The van der Waals surface area contributed by atoms with Crippen molar-refractivity contribution in [1.82, 2.24) is 0 Å². The first kappa shape index (κ1) is 16.0. The number of carbonyl (C=O) groups excluding carboxylic acids is 1.